The van der Waals surface area contributed by atoms with Crippen molar-refractivity contribution in [2.75, 3.05) is 13.1 Å². The summed E-state index contributed by atoms with van der Waals surface area (Å²) in [4.78, 5) is 27.5. The van der Waals surface area contributed by atoms with Gasteiger partial charge in [0, 0.05) is 16.9 Å². The summed E-state index contributed by atoms with van der Waals surface area (Å²) in [7, 11) is 0. The molecule has 4 rings (SSSR count). The molecule has 0 amide bonds. The Bertz CT molecular complexity index is 1640. The summed E-state index contributed by atoms with van der Waals surface area (Å²) in [6, 6.07) is 12.7. The van der Waals surface area contributed by atoms with E-state index in [1.54, 1.807) is 0 Å². The number of esters is 1. The first-order valence-electron chi connectivity index (χ1n) is 13.7. The van der Waals surface area contributed by atoms with Crippen molar-refractivity contribution in [3.05, 3.63) is 98.6 Å². The molecule has 1 heterocycles. The average molecular weight is 621 g/mol. The SMILES string of the molecule is CC(C)C[NH+](Cc1c(OC(=O)c2ccc(F)cc2)ccc2c(=O)c(Oc3ccc(Cl)cc3)c(C(F)(F)F)oc12)CC(C)C. The number of hydrogen-bond acceptors (Lipinski definition) is 5. The van der Waals surface area contributed by atoms with Crippen LogP contribution in [0.4, 0.5) is 17.6 Å². The summed E-state index contributed by atoms with van der Waals surface area (Å²) in [5.41, 5.74) is -1.26. The third-order valence-corrected chi connectivity index (χ3v) is 6.72. The first kappa shape index (κ1) is 32.0. The Labute approximate surface area is 250 Å². The number of nitrogens with one attached hydrogen (secondary N) is 1. The van der Waals surface area contributed by atoms with Crippen molar-refractivity contribution in [2.45, 2.75) is 40.4 Å². The van der Waals surface area contributed by atoms with Crippen LogP contribution in [0.15, 0.2) is 69.9 Å². The number of benzene rings is 3. The molecule has 0 saturated carbocycles. The molecule has 0 bridgehead atoms. The fraction of sp³-hybridized carbons (Fsp3) is 0.312. The smallest absolute Gasteiger partial charge is 0.449 e. The average Bonchev–Trinajstić information content (AvgIpc) is 2.91. The van der Waals surface area contributed by atoms with Gasteiger partial charge in [-0.15, -0.1) is 0 Å². The minimum atomic E-state index is -5.10. The van der Waals surface area contributed by atoms with Gasteiger partial charge in [-0.25, -0.2) is 9.18 Å². The van der Waals surface area contributed by atoms with Gasteiger partial charge in [-0.2, -0.15) is 13.2 Å². The van der Waals surface area contributed by atoms with Gasteiger partial charge < -0.3 is 18.8 Å². The van der Waals surface area contributed by atoms with Crippen LogP contribution < -0.4 is 19.8 Å². The van der Waals surface area contributed by atoms with Crippen LogP contribution in [0.5, 0.6) is 17.2 Å². The number of rotatable bonds is 10. The molecule has 0 saturated heterocycles. The molecule has 0 unspecified atom stereocenters. The number of ether oxygens (including phenoxy) is 2. The Morgan fingerprint density at radius 2 is 1.53 bits per heavy atom. The number of carbonyl (C=O) groups is 1. The van der Waals surface area contributed by atoms with Crippen molar-refractivity contribution >= 4 is 28.5 Å². The first-order chi connectivity index (χ1) is 20.2. The normalized spacial score (nSPS) is 12.0. The largest absolute Gasteiger partial charge is 0.453 e. The van der Waals surface area contributed by atoms with Crippen LogP contribution in [0.3, 0.4) is 0 Å². The Balaban J connectivity index is 1.92. The van der Waals surface area contributed by atoms with Crippen molar-refractivity contribution in [1.82, 2.24) is 0 Å². The molecule has 43 heavy (non-hydrogen) atoms. The summed E-state index contributed by atoms with van der Waals surface area (Å²) < 4.78 is 73.1. The maximum absolute atomic E-state index is 14.4. The van der Waals surface area contributed by atoms with E-state index in [4.69, 9.17) is 25.5 Å². The highest BCUT2D eigenvalue weighted by atomic mass is 35.5. The minimum absolute atomic E-state index is 0.0326. The maximum Gasteiger partial charge on any atom is 0.453 e. The van der Waals surface area contributed by atoms with Crippen LogP contribution in [0.25, 0.3) is 11.0 Å². The van der Waals surface area contributed by atoms with Gasteiger partial charge in [-0.05, 0) is 60.7 Å². The predicted octanol–water partition coefficient (Wildman–Crippen LogP) is 7.31. The van der Waals surface area contributed by atoms with Crippen LogP contribution in [-0.2, 0) is 12.7 Å². The third-order valence-electron chi connectivity index (χ3n) is 6.47. The van der Waals surface area contributed by atoms with Crippen LogP contribution in [-0.4, -0.2) is 19.1 Å². The second-order valence-electron chi connectivity index (χ2n) is 11.1. The van der Waals surface area contributed by atoms with Crippen molar-refractivity contribution in [1.29, 1.82) is 0 Å². The number of fused-ring (bicyclic) bond motifs is 1. The summed E-state index contributed by atoms with van der Waals surface area (Å²) in [5.74, 6) is -3.73. The fourth-order valence-corrected chi connectivity index (χ4v) is 4.94. The van der Waals surface area contributed by atoms with Gasteiger partial charge in [-0.3, -0.25) is 4.79 Å². The number of quaternary nitrogens is 1. The molecule has 1 aromatic heterocycles. The van der Waals surface area contributed by atoms with E-state index in [0.717, 1.165) is 17.0 Å². The van der Waals surface area contributed by atoms with E-state index in [1.165, 1.54) is 48.5 Å². The van der Waals surface area contributed by atoms with E-state index in [2.05, 4.69) is 0 Å². The molecular weight excluding hydrogens is 590 g/mol. The molecule has 0 radical (unpaired) electrons. The van der Waals surface area contributed by atoms with E-state index in [0.29, 0.717) is 18.1 Å². The maximum atomic E-state index is 14.4. The summed E-state index contributed by atoms with van der Waals surface area (Å²) in [5, 5.41) is 0.151. The van der Waals surface area contributed by atoms with Gasteiger partial charge in [-0.1, -0.05) is 39.3 Å². The highest BCUT2D eigenvalue weighted by molar-refractivity contribution is 6.30. The highest BCUT2D eigenvalue weighted by Crippen LogP contribution is 2.40. The molecule has 0 aliphatic rings. The molecule has 0 atom stereocenters. The molecular formula is C32H31ClF4NO5+. The number of carbonyl (C=O) groups excluding carboxylic acids is 1. The molecule has 0 aliphatic carbocycles. The quantitative estimate of drug-likeness (QED) is 0.114. The zero-order chi connectivity index (χ0) is 31.5. The molecule has 1 N–H and O–H groups in total. The van der Waals surface area contributed by atoms with Crippen LogP contribution in [0, 0.1) is 17.7 Å². The van der Waals surface area contributed by atoms with Crippen LogP contribution in [0.2, 0.25) is 5.02 Å². The Hall–Kier alpha value is -3.89. The van der Waals surface area contributed by atoms with E-state index in [9.17, 15) is 27.2 Å². The molecule has 0 aliphatic heterocycles. The third kappa shape index (κ3) is 7.94. The van der Waals surface area contributed by atoms with Crippen LogP contribution in [0.1, 0.15) is 49.4 Å². The van der Waals surface area contributed by atoms with Crippen molar-refractivity contribution in [2.24, 2.45) is 11.8 Å². The van der Waals surface area contributed by atoms with E-state index < -0.39 is 34.9 Å². The zero-order valence-corrected chi connectivity index (χ0v) is 24.7. The second kappa shape index (κ2) is 13.2. The van der Waals surface area contributed by atoms with Gasteiger partial charge in [0.1, 0.15) is 23.9 Å². The minimum Gasteiger partial charge on any atom is -0.449 e. The Morgan fingerprint density at radius 1 is 0.930 bits per heavy atom. The lowest BCUT2D eigenvalue weighted by atomic mass is 10.1. The Kier molecular flexibility index (Phi) is 9.82. The summed E-state index contributed by atoms with van der Waals surface area (Å²) >= 11 is 5.88. The molecule has 4 aromatic rings. The molecule has 11 heteroatoms. The van der Waals surface area contributed by atoms with Gasteiger partial charge in [0.15, 0.2) is 5.58 Å². The first-order valence-corrected chi connectivity index (χ1v) is 14.0. The van der Waals surface area contributed by atoms with Gasteiger partial charge in [0.25, 0.3) is 5.76 Å². The standard InChI is InChI=1S/C32H30ClF4NO5/c1-18(2)15-38(16-19(3)4)17-25-26(42-31(40)20-5-9-22(34)10-6-20)14-13-24-27(39)29(30(32(35,36)37)43-28(24)25)41-23-11-7-21(33)8-12-23/h5-14,18-19H,15-17H2,1-4H3/p+1. The molecule has 0 fully saturated rings. The monoisotopic (exact) mass is 620 g/mol. The van der Waals surface area contributed by atoms with Gasteiger partial charge >= 0.3 is 12.1 Å². The van der Waals surface area contributed by atoms with E-state index in [-0.39, 0.29) is 52.0 Å². The number of alkyl halides is 3. The van der Waals surface area contributed by atoms with Crippen molar-refractivity contribution < 1.29 is 41.1 Å². The lowest BCUT2D eigenvalue weighted by Gasteiger charge is -2.24. The van der Waals surface area contributed by atoms with Crippen molar-refractivity contribution in [3.8, 4) is 17.2 Å². The molecule has 6 nitrogen and oxygen atoms in total. The number of halogens is 5. The summed E-state index contributed by atoms with van der Waals surface area (Å²) in [6.45, 7) is 9.45. The van der Waals surface area contributed by atoms with E-state index in [1.807, 2.05) is 27.7 Å². The highest BCUT2D eigenvalue weighted by Gasteiger charge is 2.41. The van der Waals surface area contributed by atoms with Crippen molar-refractivity contribution in [3.63, 3.8) is 0 Å². The van der Waals surface area contributed by atoms with Crippen LogP contribution >= 0.6 is 11.6 Å². The molecule has 3 aromatic carbocycles. The molecule has 0 spiro atoms. The number of hydrogen-bond donors (Lipinski definition) is 1. The topological polar surface area (TPSA) is 70.2 Å². The van der Waals surface area contributed by atoms with E-state index >= 15 is 0 Å². The lowest BCUT2D eigenvalue weighted by molar-refractivity contribution is -0.919. The predicted molar refractivity (Wildman–Crippen MR) is 154 cm³/mol. The van der Waals surface area contributed by atoms with Gasteiger partial charge in [0.2, 0.25) is 11.2 Å². The fourth-order valence-electron chi connectivity index (χ4n) is 4.82. The van der Waals surface area contributed by atoms with Gasteiger partial charge in [0.05, 0.1) is 29.6 Å². The Morgan fingerprint density at radius 3 is 2.09 bits per heavy atom. The molecule has 228 valence electrons. The second-order valence-corrected chi connectivity index (χ2v) is 11.5. The summed E-state index contributed by atoms with van der Waals surface area (Å²) in [6.07, 6.45) is -5.10. The zero-order valence-electron chi connectivity index (χ0n) is 24.0. The lowest BCUT2D eigenvalue weighted by Crippen LogP contribution is -3.11.